The number of halogens is 2. The molecule has 0 saturated carbocycles. The van der Waals surface area contributed by atoms with E-state index in [2.05, 4.69) is 25.8 Å². The molecular formula is C22H23F2N5O3. The summed E-state index contributed by atoms with van der Waals surface area (Å²) in [6.07, 6.45) is 0. The standard InChI is InChI=1S/C22H23F2N5O3/c1-13(12-31-2)25-22(27-21(30)17-9-8-16(32-3)10-18(17)24)26-20-11-19(28-29-20)14-4-6-15(23)7-5-14/h4-11,13H,12H2,1-3H3,(H3,25,26,27,28,29,30)/t13-/m0/s1. The molecule has 1 atom stereocenters. The molecule has 0 aliphatic carbocycles. The van der Waals surface area contributed by atoms with Gasteiger partial charge in [-0.05, 0) is 48.9 Å². The smallest absolute Gasteiger partial charge is 0.260 e. The minimum absolute atomic E-state index is 0.0620. The monoisotopic (exact) mass is 443 g/mol. The van der Waals surface area contributed by atoms with E-state index < -0.39 is 11.7 Å². The lowest BCUT2D eigenvalue weighted by atomic mass is 10.1. The molecule has 0 bridgehead atoms. The van der Waals surface area contributed by atoms with E-state index in [1.54, 1.807) is 25.1 Å². The largest absolute Gasteiger partial charge is 0.497 e. The van der Waals surface area contributed by atoms with Crippen LogP contribution < -0.4 is 15.4 Å². The second-order valence-corrected chi connectivity index (χ2v) is 6.88. The van der Waals surface area contributed by atoms with Crippen molar-refractivity contribution in [3.05, 3.63) is 65.7 Å². The van der Waals surface area contributed by atoms with Crippen LogP contribution in [0.15, 0.2) is 53.5 Å². The van der Waals surface area contributed by atoms with Crippen LogP contribution in [-0.4, -0.2) is 48.9 Å². The number of carbonyl (C=O) groups excluding carboxylic acids is 1. The number of nitrogens with one attached hydrogen (secondary N) is 3. The lowest BCUT2D eigenvalue weighted by Gasteiger charge is -2.13. The Labute approximate surface area is 183 Å². The highest BCUT2D eigenvalue weighted by Gasteiger charge is 2.16. The summed E-state index contributed by atoms with van der Waals surface area (Å²) < 4.78 is 37.5. The number of rotatable bonds is 7. The lowest BCUT2D eigenvalue weighted by Crippen LogP contribution is -2.37. The molecule has 0 spiro atoms. The van der Waals surface area contributed by atoms with Crippen LogP contribution in [0.3, 0.4) is 0 Å². The molecule has 0 aliphatic heterocycles. The Kier molecular flexibility index (Phi) is 7.50. The summed E-state index contributed by atoms with van der Waals surface area (Å²) in [4.78, 5) is 17.0. The Morgan fingerprint density at radius 3 is 2.56 bits per heavy atom. The SMILES string of the molecule is COC[C@H](C)N=C(NC(=O)c1ccc(OC)cc1F)Nc1cc(-c2ccc(F)cc2)[nH]n1. The van der Waals surface area contributed by atoms with Crippen molar-refractivity contribution in [3.63, 3.8) is 0 Å². The lowest BCUT2D eigenvalue weighted by molar-refractivity contribution is 0.0972. The van der Waals surface area contributed by atoms with Crippen LogP contribution in [0.1, 0.15) is 17.3 Å². The third-order valence-electron chi connectivity index (χ3n) is 4.39. The molecule has 0 saturated heterocycles. The van der Waals surface area contributed by atoms with Gasteiger partial charge in [0.15, 0.2) is 5.82 Å². The van der Waals surface area contributed by atoms with Gasteiger partial charge in [0.25, 0.3) is 5.91 Å². The number of hydrogen-bond acceptors (Lipinski definition) is 5. The summed E-state index contributed by atoms with van der Waals surface area (Å²) in [6.45, 7) is 2.10. The molecule has 0 unspecified atom stereocenters. The maximum Gasteiger partial charge on any atom is 0.260 e. The van der Waals surface area contributed by atoms with Crippen LogP contribution >= 0.6 is 0 Å². The van der Waals surface area contributed by atoms with E-state index in [4.69, 9.17) is 9.47 Å². The van der Waals surface area contributed by atoms with E-state index in [1.807, 2.05) is 0 Å². The first-order valence-corrected chi connectivity index (χ1v) is 9.69. The molecule has 3 rings (SSSR count). The molecule has 3 N–H and O–H groups in total. The van der Waals surface area contributed by atoms with Crippen molar-refractivity contribution in [3.8, 4) is 17.0 Å². The number of guanidine groups is 1. The van der Waals surface area contributed by atoms with Crippen molar-refractivity contribution in [2.45, 2.75) is 13.0 Å². The van der Waals surface area contributed by atoms with Crippen LogP contribution in [0.25, 0.3) is 11.3 Å². The predicted molar refractivity (Wildman–Crippen MR) is 117 cm³/mol. The molecule has 10 heteroatoms. The molecule has 32 heavy (non-hydrogen) atoms. The number of benzene rings is 2. The van der Waals surface area contributed by atoms with Crippen molar-refractivity contribution >= 4 is 17.7 Å². The van der Waals surface area contributed by atoms with Crippen LogP contribution in [0.2, 0.25) is 0 Å². The molecule has 8 nitrogen and oxygen atoms in total. The van der Waals surface area contributed by atoms with Gasteiger partial charge in [-0.3, -0.25) is 15.2 Å². The molecule has 1 heterocycles. The number of methoxy groups -OCH3 is 2. The van der Waals surface area contributed by atoms with Crippen molar-refractivity contribution < 1.29 is 23.0 Å². The summed E-state index contributed by atoms with van der Waals surface area (Å²) >= 11 is 0. The maximum atomic E-state index is 14.3. The summed E-state index contributed by atoms with van der Waals surface area (Å²) in [5.41, 5.74) is 1.18. The molecule has 1 amide bonds. The van der Waals surface area contributed by atoms with Gasteiger partial charge < -0.3 is 14.8 Å². The Hall–Kier alpha value is -3.79. The van der Waals surface area contributed by atoms with E-state index in [0.717, 1.165) is 11.6 Å². The highest BCUT2D eigenvalue weighted by Crippen LogP contribution is 2.20. The molecule has 1 aromatic heterocycles. The van der Waals surface area contributed by atoms with E-state index >= 15 is 0 Å². The second kappa shape index (κ2) is 10.5. The van der Waals surface area contributed by atoms with Gasteiger partial charge in [0.05, 0.1) is 31.0 Å². The molecular weight excluding hydrogens is 420 g/mol. The zero-order valence-corrected chi connectivity index (χ0v) is 17.8. The van der Waals surface area contributed by atoms with Crippen LogP contribution in [-0.2, 0) is 4.74 Å². The molecule has 3 aromatic rings. The second-order valence-electron chi connectivity index (χ2n) is 6.88. The van der Waals surface area contributed by atoms with Gasteiger partial charge in [-0.1, -0.05) is 0 Å². The first-order valence-electron chi connectivity index (χ1n) is 9.69. The number of amides is 1. The van der Waals surface area contributed by atoms with E-state index in [9.17, 15) is 13.6 Å². The van der Waals surface area contributed by atoms with Gasteiger partial charge in [-0.25, -0.2) is 13.8 Å². The molecule has 0 radical (unpaired) electrons. The third kappa shape index (κ3) is 5.88. The van der Waals surface area contributed by atoms with E-state index in [1.165, 1.54) is 38.5 Å². The summed E-state index contributed by atoms with van der Waals surface area (Å²) in [6, 6.07) is 11.2. The van der Waals surface area contributed by atoms with E-state index in [-0.39, 0.29) is 23.4 Å². The fraction of sp³-hybridized carbons (Fsp3) is 0.227. The van der Waals surface area contributed by atoms with Gasteiger partial charge in [-0.2, -0.15) is 5.10 Å². The zero-order chi connectivity index (χ0) is 23.1. The summed E-state index contributed by atoms with van der Waals surface area (Å²) in [5.74, 6) is -1.07. The zero-order valence-electron chi connectivity index (χ0n) is 17.8. The van der Waals surface area contributed by atoms with Crippen LogP contribution in [0, 0.1) is 11.6 Å². The number of ether oxygens (including phenoxy) is 2. The van der Waals surface area contributed by atoms with Gasteiger partial charge >= 0.3 is 0 Å². The van der Waals surface area contributed by atoms with Gasteiger partial charge in [-0.15, -0.1) is 0 Å². The molecule has 0 aliphatic rings. The highest BCUT2D eigenvalue weighted by atomic mass is 19.1. The Bertz CT molecular complexity index is 1100. The molecule has 2 aromatic carbocycles. The fourth-order valence-electron chi connectivity index (χ4n) is 2.86. The number of aliphatic imine (C=N–C) groups is 1. The minimum Gasteiger partial charge on any atom is -0.497 e. The Morgan fingerprint density at radius 2 is 1.91 bits per heavy atom. The van der Waals surface area contributed by atoms with E-state index in [0.29, 0.717) is 23.9 Å². The number of anilines is 1. The molecule has 168 valence electrons. The number of aromatic amines is 1. The number of H-pyrrole nitrogens is 1. The van der Waals surface area contributed by atoms with Gasteiger partial charge in [0.1, 0.15) is 17.4 Å². The third-order valence-corrected chi connectivity index (χ3v) is 4.39. The van der Waals surface area contributed by atoms with Crippen molar-refractivity contribution in [2.24, 2.45) is 4.99 Å². The normalized spacial score (nSPS) is 12.3. The van der Waals surface area contributed by atoms with Crippen molar-refractivity contribution in [1.82, 2.24) is 15.5 Å². The number of nitrogens with zero attached hydrogens (tertiary/aromatic N) is 2. The Balaban J connectivity index is 1.80. The van der Waals surface area contributed by atoms with Crippen LogP contribution in [0.5, 0.6) is 5.75 Å². The number of aromatic nitrogens is 2. The first kappa shape index (κ1) is 22.9. The van der Waals surface area contributed by atoms with Gasteiger partial charge in [0, 0.05) is 19.2 Å². The summed E-state index contributed by atoms with van der Waals surface area (Å²) in [5, 5.41) is 12.5. The predicted octanol–water partition coefficient (Wildman–Crippen LogP) is 3.60. The first-order chi connectivity index (χ1) is 15.4. The van der Waals surface area contributed by atoms with Crippen LogP contribution in [0.4, 0.5) is 14.6 Å². The fourth-order valence-corrected chi connectivity index (χ4v) is 2.86. The minimum atomic E-state index is -0.732. The quantitative estimate of drug-likeness (QED) is 0.383. The maximum absolute atomic E-state index is 14.3. The topological polar surface area (TPSA) is 101 Å². The van der Waals surface area contributed by atoms with Crippen molar-refractivity contribution in [2.75, 3.05) is 26.1 Å². The molecule has 0 fully saturated rings. The highest BCUT2D eigenvalue weighted by molar-refractivity contribution is 6.10. The van der Waals surface area contributed by atoms with Gasteiger partial charge in [0.2, 0.25) is 5.96 Å². The Morgan fingerprint density at radius 1 is 1.16 bits per heavy atom. The number of hydrogen-bond donors (Lipinski definition) is 3. The average molecular weight is 443 g/mol. The number of carbonyl (C=O) groups is 1. The average Bonchev–Trinajstić information content (AvgIpc) is 3.22. The summed E-state index contributed by atoms with van der Waals surface area (Å²) in [7, 11) is 2.94. The van der Waals surface area contributed by atoms with Crippen molar-refractivity contribution in [1.29, 1.82) is 0 Å².